The average molecular weight is 233 g/mol. The van der Waals surface area contributed by atoms with Crippen LogP contribution in [0, 0.1) is 6.92 Å². The number of aromatic nitrogens is 2. The normalized spacial score (nSPS) is 10.6. The molecule has 2 aromatic rings. The standard InChI is InChI=1S/C12H15N3O2/c1-8-10(7-14-15-8)6-13-5-9-3-2-4-11(16)12(9)17/h2-4,7,13,16-17H,5-6H2,1H3,(H,14,15). The van der Waals surface area contributed by atoms with Crippen LogP contribution in [0.1, 0.15) is 16.8 Å². The molecule has 5 nitrogen and oxygen atoms in total. The van der Waals surface area contributed by atoms with Crippen molar-refractivity contribution >= 4 is 0 Å². The highest BCUT2D eigenvalue weighted by Crippen LogP contribution is 2.27. The Hall–Kier alpha value is -2.01. The summed E-state index contributed by atoms with van der Waals surface area (Å²) in [6, 6.07) is 4.93. The third kappa shape index (κ3) is 2.57. The number of para-hydroxylation sites is 1. The monoisotopic (exact) mass is 233 g/mol. The van der Waals surface area contributed by atoms with Gasteiger partial charge in [-0.3, -0.25) is 5.10 Å². The molecule has 0 unspecified atom stereocenters. The van der Waals surface area contributed by atoms with Gasteiger partial charge in [0.25, 0.3) is 0 Å². The second-order valence-electron chi connectivity index (χ2n) is 3.91. The maximum atomic E-state index is 9.60. The maximum absolute atomic E-state index is 9.60. The Morgan fingerprint density at radius 2 is 2.00 bits per heavy atom. The van der Waals surface area contributed by atoms with Crippen molar-refractivity contribution in [2.24, 2.45) is 0 Å². The van der Waals surface area contributed by atoms with Gasteiger partial charge < -0.3 is 15.5 Å². The van der Waals surface area contributed by atoms with Crippen LogP contribution in [-0.2, 0) is 13.1 Å². The Balaban J connectivity index is 1.95. The van der Waals surface area contributed by atoms with E-state index in [1.165, 1.54) is 6.07 Å². The molecule has 1 heterocycles. The van der Waals surface area contributed by atoms with Crippen molar-refractivity contribution in [3.63, 3.8) is 0 Å². The highest BCUT2D eigenvalue weighted by atomic mass is 16.3. The van der Waals surface area contributed by atoms with Crippen LogP contribution in [0.25, 0.3) is 0 Å². The number of phenols is 2. The summed E-state index contributed by atoms with van der Waals surface area (Å²) in [5.41, 5.74) is 2.79. The van der Waals surface area contributed by atoms with Crippen molar-refractivity contribution in [2.75, 3.05) is 0 Å². The maximum Gasteiger partial charge on any atom is 0.161 e. The number of aryl methyl sites for hydroxylation is 1. The Labute approximate surface area is 99.1 Å². The van der Waals surface area contributed by atoms with Gasteiger partial charge in [-0.1, -0.05) is 12.1 Å². The molecule has 0 radical (unpaired) electrons. The Morgan fingerprint density at radius 3 is 2.71 bits per heavy atom. The molecule has 0 aliphatic heterocycles. The minimum Gasteiger partial charge on any atom is -0.504 e. The fourth-order valence-electron chi connectivity index (χ4n) is 1.61. The molecular formula is C12H15N3O2. The fourth-order valence-corrected chi connectivity index (χ4v) is 1.61. The molecule has 0 aliphatic carbocycles. The van der Waals surface area contributed by atoms with E-state index in [2.05, 4.69) is 15.5 Å². The first kappa shape index (κ1) is 11.5. The second-order valence-corrected chi connectivity index (χ2v) is 3.91. The van der Waals surface area contributed by atoms with Crippen molar-refractivity contribution in [3.8, 4) is 11.5 Å². The smallest absolute Gasteiger partial charge is 0.161 e. The lowest BCUT2D eigenvalue weighted by molar-refractivity contribution is 0.397. The number of H-pyrrole nitrogens is 1. The zero-order chi connectivity index (χ0) is 12.3. The molecule has 0 amide bonds. The number of aromatic amines is 1. The number of rotatable bonds is 4. The van der Waals surface area contributed by atoms with E-state index in [-0.39, 0.29) is 11.5 Å². The van der Waals surface area contributed by atoms with Crippen molar-refractivity contribution in [3.05, 3.63) is 41.2 Å². The first-order valence-corrected chi connectivity index (χ1v) is 5.38. The first-order chi connectivity index (χ1) is 8.18. The van der Waals surface area contributed by atoms with E-state index in [9.17, 15) is 10.2 Å². The summed E-state index contributed by atoms with van der Waals surface area (Å²) in [6.45, 7) is 3.11. The lowest BCUT2D eigenvalue weighted by Crippen LogP contribution is -2.13. The summed E-state index contributed by atoms with van der Waals surface area (Å²) in [7, 11) is 0. The molecule has 0 atom stereocenters. The highest BCUT2D eigenvalue weighted by molar-refractivity contribution is 5.44. The van der Waals surface area contributed by atoms with Crippen LogP contribution in [0.15, 0.2) is 24.4 Å². The van der Waals surface area contributed by atoms with Crippen LogP contribution in [-0.4, -0.2) is 20.4 Å². The van der Waals surface area contributed by atoms with E-state index in [1.807, 2.05) is 6.92 Å². The summed E-state index contributed by atoms with van der Waals surface area (Å²) in [4.78, 5) is 0. The minimum atomic E-state index is -0.0937. The van der Waals surface area contributed by atoms with Gasteiger partial charge in [-0.15, -0.1) is 0 Å². The van der Waals surface area contributed by atoms with Crippen LogP contribution in [0.5, 0.6) is 11.5 Å². The van der Waals surface area contributed by atoms with Gasteiger partial charge in [0.15, 0.2) is 11.5 Å². The van der Waals surface area contributed by atoms with Crippen molar-refractivity contribution in [2.45, 2.75) is 20.0 Å². The van der Waals surface area contributed by atoms with Gasteiger partial charge in [0.1, 0.15) is 0 Å². The van der Waals surface area contributed by atoms with E-state index >= 15 is 0 Å². The molecule has 1 aromatic heterocycles. The number of hydrogen-bond donors (Lipinski definition) is 4. The van der Waals surface area contributed by atoms with Gasteiger partial charge in [-0.2, -0.15) is 5.10 Å². The molecule has 1 aromatic carbocycles. The molecular weight excluding hydrogens is 218 g/mol. The van der Waals surface area contributed by atoms with Gasteiger partial charge >= 0.3 is 0 Å². The molecule has 0 saturated heterocycles. The molecule has 4 N–H and O–H groups in total. The van der Waals surface area contributed by atoms with E-state index in [0.29, 0.717) is 18.7 Å². The Morgan fingerprint density at radius 1 is 1.24 bits per heavy atom. The highest BCUT2D eigenvalue weighted by Gasteiger charge is 2.05. The lowest BCUT2D eigenvalue weighted by atomic mass is 10.2. The molecule has 0 spiro atoms. The Kier molecular flexibility index (Phi) is 3.30. The molecule has 2 rings (SSSR count). The number of phenolic OH excluding ortho intramolecular Hbond substituents is 2. The summed E-state index contributed by atoms with van der Waals surface area (Å²) < 4.78 is 0. The van der Waals surface area contributed by atoms with E-state index < -0.39 is 0 Å². The van der Waals surface area contributed by atoms with Crippen molar-refractivity contribution in [1.29, 1.82) is 0 Å². The lowest BCUT2D eigenvalue weighted by Gasteiger charge is -2.07. The zero-order valence-corrected chi connectivity index (χ0v) is 9.57. The average Bonchev–Trinajstić information content (AvgIpc) is 2.71. The van der Waals surface area contributed by atoms with Gasteiger partial charge in [-0.25, -0.2) is 0 Å². The molecule has 0 fully saturated rings. The zero-order valence-electron chi connectivity index (χ0n) is 9.57. The number of aromatic hydroxyl groups is 2. The first-order valence-electron chi connectivity index (χ1n) is 5.38. The third-order valence-electron chi connectivity index (χ3n) is 2.66. The molecule has 5 heteroatoms. The molecule has 90 valence electrons. The van der Waals surface area contributed by atoms with Gasteiger partial charge in [0.05, 0.1) is 6.20 Å². The topological polar surface area (TPSA) is 81.2 Å². The summed E-state index contributed by atoms with van der Waals surface area (Å²) in [6.07, 6.45) is 1.77. The predicted molar refractivity (Wildman–Crippen MR) is 63.6 cm³/mol. The SMILES string of the molecule is Cc1[nH]ncc1CNCc1cccc(O)c1O. The number of benzene rings is 1. The van der Waals surface area contributed by atoms with Gasteiger partial charge in [0.2, 0.25) is 0 Å². The van der Waals surface area contributed by atoms with Crippen molar-refractivity contribution in [1.82, 2.24) is 15.5 Å². The quantitative estimate of drug-likeness (QED) is 0.602. The van der Waals surface area contributed by atoms with Gasteiger partial charge in [-0.05, 0) is 13.0 Å². The minimum absolute atomic E-state index is 0.0658. The van der Waals surface area contributed by atoms with Crippen LogP contribution < -0.4 is 5.32 Å². The van der Waals surface area contributed by atoms with E-state index in [0.717, 1.165) is 11.3 Å². The number of nitrogens with one attached hydrogen (secondary N) is 2. The van der Waals surface area contributed by atoms with Crippen LogP contribution in [0.2, 0.25) is 0 Å². The second kappa shape index (κ2) is 4.88. The molecule has 0 bridgehead atoms. The van der Waals surface area contributed by atoms with Crippen LogP contribution >= 0.6 is 0 Å². The third-order valence-corrected chi connectivity index (χ3v) is 2.66. The molecule has 0 saturated carbocycles. The van der Waals surface area contributed by atoms with Gasteiger partial charge in [0, 0.05) is 29.9 Å². The molecule has 0 aliphatic rings. The largest absolute Gasteiger partial charge is 0.504 e. The van der Waals surface area contributed by atoms with E-state index in [4.69, 9.17) is 0 Å². The fraction of sp³-hybridized carbons (Fsp3) is 0.250. The Bertz CT molecular complexity index is 508. The number of nitrogens with zero attached hydrogens (tertiary/aromatic N) is 1. The summed E-state index contributed by atoms with van der Waals surface area (Å²) in [5, 5.41) is 28.9. The molecule has 17 heavy (non-hydrogen) atoms. The summed E-state index contributed by atoms with van der Waals surface area (Å²) >= 11 is 0. The van der Waals surface area contributed by atoms with Crippen LogP contribution in [0.3, 0.4) is 0 Å². The number of hydrogen-bond acceptors (Lipinski definition) is 4. The van der Waals surface area contributed by atoms with Crippen molar-refractivity contribution < 1.29 is 10.2 Å². The van der Waals surface area contributed by atoms with Crippen LogP contribution in [0.4, 0.5) is 0 Å². The van der Waals surface area contributed by atoms with E-state index in [1.54, 1.807) is 18.3 Å². The predicted octanol–water partition coefficient (Wildman–Crippen LogP) is 1.42. The summed E-state index contributed by atoms with van der Waals surface area (Å²) in [5.74, 6) is -0.160.